The van der Waals surface area contributed by atoms with Crippen LogP contribution in [0.3, 0.4) is 0 Å². The van der Waals surface area contributed by atoms with Crippen molar-refractivity contribution in [2.75, 3.05) is 57.5 Å². The van der Waals surface area contributed by atoms with E-state index in [4.69, 9.17) is 19.2 Å². The zero-order chi connectivity index (χ0) is 22.1. The van der Waals surface area contributed by atoms with Crippen molar-refractivity contribution in [3.63, 3.8) is 0 Å². The second-order valence-electron chi connectivity index (χ2n) is 8.19. The quantitative estimate of drug-likeness (QED) is 0.588. The molecule has 0 bridgehead atoms. The van der Waals surface area contributed by atoms with Crippen LogP contribution in [-0.2, 0) is 4.74 Å². The number of carbonyl (C=O) groups excluding carboxylic acids is 1. The smallest absolute Gasteiger partial charge is 0.260 e. The molecule has 2 aliphatic heterocycles. The Balaban J connectivity index is 1.47. The zero-order valence-electron chi connectivity index (χ0n) is 18.4. The zero-order valence-corrected chi connectivity index (χ0v) is 19.2. The summed E-state index contributed by atoms with van der Waals surface area (Å²) < 4.78 is 17.9. The Morgan fingerprint density at radius 1 is 1.06 bits per heavy atom. The summed E-state index contributed by atoms with van der Waals surface area (Å²) in [5.41, 5.74) is 3.86. The standard InChI is InChI=1S/C24H27N3O4S/c1-16-13-17(2)22-21(14-16)32-24(25-22)27(6-5-26-7-9-29-10-8-26)23(28)18-3-4-19-20(15-18)31-12-11-30-19/h3-4,13-15H,5-12H2,1-2H3. The Labute approximate surface area is 191 Å². The largest absolute Gasteiger partial charge is 0.486 e. The first-order valence-electron chi connectivity index (χ1n) is 11.0. The first-order chi connectivity index (χ1) is 15.6. The van der Waals surface area contributed by atoms with Gasteiger partial charge in [-0.15, -0.1) is 0 Å². The van der Waals surface area contributed by atoms with Gasteiger partial charge in [0.15, 0.2) is 16.6 Å². The molecule has 1 aromatic heterocycles. The molecule has 0 radical (unpaired) electrons. The number of nitrogens with zero attached hydrogens (tertiary/aromatic N) is 3. The molecule has 1 saturated heterocycles. The Kier molecular flexibility index (Phi) is 5.99. The van der Waals surface area contributed by atoms with Gasteiger partial charge in [0, 0.05) is 31.7 Å². The molecule has 1 amide bonds. The van der Waals surface area contributed by atoms with Gasteiger partial charge < -0.3 is 14.2 Å². The minimum Gasteiger partial charge on any atom is -0.486 e. The van der Waals surface area contributed by atoms with E-state index in [1.165, 1.54) is 5.56 Å². The summed E-state index contributed by atoms with van der Waals surface area (Å²) in [5.74, 6) is 1.22. The molecule has 8 heteroatoms. The fourth-order valence-corrected chi connectivity index (χ4v) is 5.32. The number of thiazole rings is 1. The number of morpholine rings is 1. The summed E-state index contributed by atoms with van der Waals surface area (Å²) in [6, 6.07) is 9.67. The lowest BCUT2D eigenvalue weighted by atomic mass is 10.1. The summed E-state index contributed by atoms with van der Waals surface area (Å²) in [7, 11) is 0. The van der Waals surface area contributed by atoms with Crippen LogP contribution < -0.4 is 14.4 Å². The Morgan fingerprint density at radius 2 is 1.84 bits per heavy atom. The SMILES string of the molecule is Cc1cc(C)c2nc(N(CCN3CCOCC3)C(=O)c3ccc4c(c3)OCCO4)sc2c1. The van der Waals surface area contributed by atoms with Crippen molar-refractivity contribution in [2.24, 2.45) is 0 Å². The van der Waals surface area contributed by atoms with E-state index < -0.39 is 0 Å². The number of ether oxygens (including phenoxy) is 3. The number of hydrogen-bond donors (Lipinski definition) is 0. The maximum absolute atomic E-state index is 13.7. The third-order valence-electron chi connectivity index (χ3n) is 5.83. The summed E-state index contributed by atoms with van der Waals surface area (Å²) >= 11 is 1.57. The molecule has 2 aromatic carbocycles. The third-order valence-corrected chi connectivity index (χ3v) is 6.85. The molecule has 0 N–H and O–H groups in total. The highest BCUT2D eigenvalue weighted by molar-refractivity contribution is 7.22. The average Bonchev–Trinajstić information content (AvgIpc) is 3.23. The lowest BCUT2D eigenvalue weighted by molar-refractivity contribution is 0.0391. The van der Waals surface area contributed by atoms with Crippen LogP contribution >= 0.6 is 11.3 Å². The van der Waals surface area contributed by atoms with E-state index in [0.717, 1.165) is 53.8 Å². The number of carbonyl (C=O) groups is 1. The molecule has 168 valence electrons. The summed E-state index contributed by atoms with van der Waals surface area (Å²) in [5, 5.41) is 0.724. The van der Waals surface area contributed by atoms with Crippen molar-refractivity contribution < 1.29 is 19.0 Å². The van der Waals surface area contributed by atoms with Crippen molar-refractivity contribution in [3.05, 3.63) is 47.0 Å². The molecule has 0 spiro atoms. The second-order valence-corrected chi connectivity index (χ2v) is 9.20. The molecule has 0 saturated carbocycles. The maximum Gasteiger partial charge on any atom is 0.260 e. The van der Waals surface area contributed by atoms with Crippen LogP contribution in [0.1, 0.15) is 21.5 Å². The fourth-order valence-electron chi connectivity index (χ4n) is 4.16. The van der Waals surface area contributed by atoms with Gasteiger partial charge in [-0.05, 0) is 49.2 Å². The first-order valence-corrected chi connectivity index (χ1v) is 11.8. The van der Waals surface area contributed by atoms with E-state index in [0.29, 0.717) is 36.8 Å². The summed E-state index contributed by atoms with van der Waals surface area (Å²) in [6.45, 7) is 9.72. The number of amides is 1. The first kappa shape index (κ1) is 21.2. The topological polar surface area (TPSA) is 64.1 Å². The van der Waals surface area contributed by atoms with Gasteiger partial charge in [-0.1, -0.05) is 17.4 Å². The van der Waals surface area contributed by atoms with Gasteiger partial charge in [-0.3, -0.25) is 14.6 Å². The summed E-state index contributed by atoms with van der Waals surface area (Å²) in [6.07, 6.45) is 0. The van der Waals surface area contributed by atoms with Crippen molar-refractivity contribution in [1.29, 1.82) is 0 Å². The van der Waals surface area contributed by atoms with Gasteiger partial charge in [0.05, 0.1) is 23.4 Å². The van der Waals surface area contributed by atoms with Gasteiger partial charge in [-0.25, -0.2) is 4.98 Å². The number of hydrogen-bond acceptors (Lipinski definition) is 7. The highest BCUT2D eigenvalue weighted by Gasteiger charge is 2.25. The van der Waals surface area contributed by atoms with Crippen LogP contribution in [-0.4, -0.2) is 68.4 Å². The Hall–Kier alpha value is -2.68. The Morgan fingerprint density at radius 3 is 2.66 bits per heavy atom. The molecule has 1 fully saturated rings. The fraction of sp³-hybridized carbons (Fsp3) is 0.417. The van der Waals surface area contributed by atoms with Crippen LogP contribution in [0.5, 0.6) is 11.5 Å². The molecular weight excluding hydrogens is 426 g/mol. The average molecular weight is 454 g/mol. The molecule has 3 heterocycles. The number of benzene rings is 2. The summed E-state index contributed by atoms with van der Waals surface area (Å²) in [4.78, 5) is 22.7. The molecule has 32 heavy (non-hydrogen) atoms. The second kappa shape index (κ2) is 9.05. The molecule has 0 unspecified atom stereocenters. The van der Waals surface area contributed by atoms with Crippen LogP contribution in [0, 0.1) is 13.8 Å². The van der Waals surface area contributed by atoms with E-state index in [1.807, 2.05) is 6.07 Å². The lowest BCUT2D eigenvalue weighted by Gasteiger charge is -2.29. The van der Waals surface area contributed by atoms with E-state index >= 15 is 0 Å². The van der Waals surface area contributed by atoms with Crippen LogP contribution in [0.4, 0.5) is 5.13 Å². The molecule has 0 aliphatic carbocycles. The predicted octanol–water partition coefficient (Wildman–Crippen LogP) is 3.66. The number of aryl methyl sites for hydroxylation is 2. The molecule has 3 aromatic rings. The van der Waals surface area contributed by atoms with Crippen LogP contribution in [0.2, 0.25) is 0 Å². The van der Waals surface area contributed by atoms with Crippen LogP contribution in [0.25, 0.3) is 10.2 Å². The molecule has 2 aliphatic rings. The van der Waals surface area contributed by atoms with Crippen molar-refractivity contribution >= 4 is 32.6 Å². The molecule has 0 atom stereocenters. The van der Waals surface area contributed by atoms with E-state index in [9.17, 15) is 4.79 Å². The number of aromatic nitrogens is 1. The molecule has 7 nitrogen and oxygen atoms in total. The highest BCUT2D eigenvalue weighted by Crippen LogP contribution is 2.34. The van der Waals surface area contributed by atoms with Crippen LogP contribution in [0.15, 0.2) is 30.3 Å². The van der Waals surface area contributed by atoms with Crippen molar-refractivity contribution in [1.82, 2.24) is 9.88 Å². The Bertz CT molecular complexity index is 1140. The van der Waals surface area contributed by atoms with Crippen molar-refractivity contribution in [3.8, 4) is 11.5 Å². The van der Waals surface area contributed by atoms with Gasteiger partial charge >= 0.3 is 0 Å². The van der Waals surface area contributed by atoms with E-state index in [-0.39, 0.29) is 5.91 Å². The minimum absolute atomic E-state index is 0.0799. The normalized spacial score (nSPS) is 16.3. The highest BCUT2D eigenvalue weighted by atomic mass is 32.1. The maximum atomic E-state index is 13.7. The van der Waals surface area contributed by atoms with E-state index in [1.54, 1.807) is 28.4 Å². The number of rotatable bonds is 5. The number of fused-ring (bicyclic) bond motifs is 2. The predicted molar refractivity (Wildman–Crippen MR) is 125 cm³/mol. The number of anilines is 1. The minimum atomic E-state index is -0.0799. The van der Waals surface area contributed by atoms with Gasteiger partial charge in [0.1, 0.15) is 13.2 Å². The molecule has 5 rings (SSSR count). The third kappa shape index (κ3) is 4.30. The van der Waals surface area contributed by atoms with Gasteiger partial charge in [0.2, 0.25) is 0 Å². The monoisotopic (exact) mass is 453 g/mol. The lowest BCUT2D eigenvalue weighted by Crippen LogP contribution is -2.43. The van der Waals surface area contributed by atoms with E-state index in [2.05, 4.69) is 30.9 Å². The molecular formula is C24H27N3O4S. The van der Waals surface area contributed by atoms with Gasteiger partial charge in [-0.2, -0.15) is 0 Å². The van der Waals surface area contributed by atoms with Crippen molar-refractivity contribution in [2.45, 2.75) is 13.8 Å². The van der Waals surface area contributed by atoms with Gasteiger partial charge in [0.25, 0.3) is 5.91 Å².